The van der Waals surface area contributed by atoms with Crippen molar-refractivity contribution < 1.29 is 19.6 Å². The smallest absolute Gasteiger partial charge is 0.423 e. The number of hydrogen-bond acceptors (Lipinski definition) is 4. The maximum atomic E-state index is 10.9. The average molecular weight is 290 g/mol. The number of likely N-dealkylation sites (N-methyl/N-ethyl adjacent to an activating group) is 1. The van der Waals surface area contributed by atoms with Crippen molar-refractivity contribution >= 4 is 30.1 Å². The zero-order valence-corrected chi connectivity index (χ0v) is 12.1. The monoisotopic (exact) mass is 290 g/mol. The highest BCUT2D eigenvalue weighted by molar-refractivity contribution is 6.58. The van der Waals surface area contributed by atoms with Crippen molar-refractivity contribution in [3.8, 4) is 0 Å². The summed E-state index contributed by atoms with van der Waals surface area (Å²) in [6, 6.07) is 6.29. The highest BCUT2D eigenvalue weighted by Gasteiger charge is 2.10. The number of anilines is 1. The Hall–Kier alpha value is -2.38. The molecule has 1 rings (SSSR count). The number of carbonyl (C=O) groups is 2. The van der Waals surface area contributed by atoms with Gasteiger partial charge in [0.25, 0.3) is 0 Å². The predicted molar refractivity (Wildman–Crippen MR) is 84.0 cm³/mol. The minimum atomic E-state index is -1.53. The Kier molecular flexibility index (Phi) is 8.44. The summed E-state index contributed by atoms with van der Waals surface area (Å²) < 4.78 is 0. The van der Waals surface area contributed by atoms with Gasteiger partial charge in [-0.15, -0.1) is 0 Å². The first-order valence-electron chi connectivity index (χ1n) is 6.05. The van der Waals surface area contributed by atoms with Gasteiger partial charge in [-0.3, -0.25) is 9.59 Å². The summed E-state index contributed by atoms with van der Waals surface area (Å²) in [6.45, 7) is 6.59. The van der Waals surface area contributed by atoms with Crippen LogP contribution in [0.3, 0.4) is 0 Å². The van der Waals surface area contributed by atoms with E-state index < -0.39 is 7.12 Å². The van der Waals surface area contributed by atoms with Crippen LogP contribution in [0.25, 0.3) is 0 Å². The van der Waals surface area contributed by atoms with E-state index in [1.807, 2.05) is 0 Å². The lowest BCUT2D eigenvalue weighted by Gasteiger charge is -2.04. The number of benzene rings is 1. The normalized spacial score (nSPS) is 8.76. The quantitative estimate of drug-likeness (QED) is 0.527. The summed E-state index contributed by atoms with van der Waals surface area (Å²) in [7, 11) is 1.84. The van der Waals surface area contributed by atoms with Crippen LogP contribution in [-0.4, -0.2) is 48.0 Å². The van der Waals surface area contributed by atoms with Crippen molar-refractivity contribution in [1.29, 1.82) is 0 Å². The second-order valence-corrected chi connectivity index (χ2v) is 4.13. The Balaban J connectivity index is 0.000000486. The first kappa shape index (κ1) is 18.6. The molecular formula is C14H19BN2O4. The van der Waals surface area contributed by atoms with Gasteiger partial charge in [0, 0.05) is 19.8 Å². The van der Waals surface area contributed by atoms with E-state index in [0.29, 0.717) is 11.2 Å². The molecule has 0 spiro atoms. The van der Waals surface area contributed by atoms with Crippen LogP contribution in [0.15, 0.2) is 49.6 Å². The van der Waals surface area contributed by atoms with Gasteiger partial charge in [-0.05, 0) is 29.7 Å². The molecule has 0 bridgehead atoms. The molecule has 0 fully saturated rings. The molecular weight excluding hydrogens is 271 g/mol. The van der Waals surface area contributed by atoms with Crippen molar-refractivity contribution in [2.75, 3.05) is 19.4 Å². The Labute approximate surface area is 124 Å². The molecule has 0 unspecified atom stereocenters. The molecule has 1 aromatic carbocycles. The highest BCUT2D eigenvalue weighted by atomic mass is 16.4. The zero-order valence-electron chi connectivity index (χ0n) is 12.1. The van der Waals surface area contributed by atoms with Crippen LogP contribution in [0.5, 0.6) is 0 Å². The minimum Gasteiger partial charge on any atom is -0.423 e. The van der Waals surface area contributed by atoms with E-state index in [0.717, 1.165) is 6.08 Å². The average Bonchev–Trinajstić information content (AvgIpc) is 2.46. The molecule has 0 atom stereocenters. The third-order valence-electron chi connectivity index (χ3n) is 2.25. The lowest BCUT2D eigenvalue weighted by Crippen LogP contribution is -2.29. The summed E-state index contributed by atoms with van der Waals surface area (Å²) in [6.07, 6.45) is 2.42. The fourth-order valence-electron chi connectivity index (χ4n) is 1.15. The van der Waals surface area contributed by atoms with Gasteiger partial charge < -0.3 is 20.3 Å². The lowest BCUT2D eigenvalue weighted by molar-refractivity contribution is -0.123. The second kappa shape index (κ2) is 9.52. The molecule has 112 valence electrons. The van der Waals surface area contributed by atoms with Gasteiger partial charge in [-0.25, -0.2) is 0 Å². The van der Waals surface area contributed by atoms with Gasteiger partial charge in [0.05, 0.1) is 0 Å². The molecule has 0 aliphatic rings. The second-order valence-electron chi connectivity index (χ2n) is 4.13. The number of amides is 2. The van der Waals surface area contributed by atoms with Gasteiger partial charge in [0.1, 0.15) is 0 Å². The van der Waals surface area contributed by atoms with E-state index in [9.17, 15) is 9.59 Å². The molecule has 21 heavy (non-hydrogen) atoms. The van der Waals surface area contributed by atoms with E-state index in [1.165, 1.54) is 17.0 Å². The van der Waals surface area contributed by atoms with Crippen molar-refractivity contribution in [3.05, 3.63) is 49.6 Å². The molecule has 3 N–H and O–H groups in total. The summed E-state index contributed by atoms with van der Waals surface area (Å²) in [5, 5.41) is 20.2. The van der Waals surface area contributed by atoms with Gasteiger partial charge >= 0.3 is 7.12 Å². The van der Waals surface area contributed by atoms with Crippen LogP contribution in [0.2, 0.25) is 0 Å². The molecule has 0 aliphatic heterocycles. The first-order chi connectivity index (χ1) is 9.81. The Morgan fingerprint density at radius 3 is 2.24 bits per heavy atom. The van der Waals surface area contributed by atoms with E-state index in [-0.39, 0.29) is 11.8 Å². The van der Waals surface area contributed by atoms with Gasteiger partial charge in [-0.2, -0.15) is 0 Å². The number of nitrogens with one attached hydrogen (secondary N) is 1. The van der Waals surface area contributed by atoms with Crippen molar-refractivity contribution in [2.45, 2.75) is 0 Å². The Morgan fingerprint density at radius 2 is 1.86 bits per heavy atom. The molecule has 0 saturated carbocycles. The molecule has 0 saturated heterocycles. The predicted octanol–water partition coefficient (Wildman–Crippen LogP) is -0.248. The van der Waals surface area contributed by atoms with Crippen LogP contribution in [-0.2, 0) is 9.59 Å². The SMILES string of the molecule is C=CC(=O)N(C)C.C=CC(=O)Nc1cccc(B(O)O)c1. The van der Waals surface area contributed by atoms with E-state index in [4.69, 9.17) is 10.0 Å². The molecule has 0 radical (unpaired) electrons. The standard InChI is InChI=1S/C9H10BNO3.C5H9NO/c1-2-9(12)11-8-5-3-4-7(6-8)10(13)14;1-4-5(7)6(2)3/h2-6,13-14H,1H2,(H,11,12);4H,1H2,2-3H3. The Bertz CT molecular complexity index is 515. The van der Waals surface area contributed by atoms with E-state index >= 15 is 0 Å². The topological polar surface area (TPSA) is 89.9 Å². The number of nitrogens with zero attached hydrogens (tertiary/aromatic N) is 1. The summed E-state index contributed by atoms with van der Waals surface area (Å²) in [4.78, 5) is 22.7. The van der Waals surface area contributed by atoms with Crippen molar-refractivity contribution in [3.63, 3.8) is 0 Å². The zero-order chi connectivity index (χ0) is 16.4. The van der Waals surface area contributed by atoms with Crippen LogP contribution in [0.4, 0.5) is 5.69 Å². The Morgan fingerprint density at radius 1 is 1.24 bits per heavy atom. The molecule has 0 aromatic heterocycles. The molecule has 2 amide bonds. The van der Waals surface area contributed by atoms with Crippen LogP contribution in [0.1, 0.15) is 0 Å². The van der Waals surface area contributed by atoms with Gasteiger partial charge in [0.2, 0.25) is 11.8 Å². The van der Waals surface area contributed by atoms with Crippen LogP contribution < -0.4 is 10.8 Å². The highest BCUT2D eigenvalue weighted by Crippen LogP contribution is 2.03. The number of carbonyl (C=O) groups excluding carboxylic acids is 2. The summed E-state index contributed by atoms with van der Waals surface area (Å²) >= 11 is 0. The fourth-order valence-corrected chi connectivity index (χ4v) is 1.15. The number of hydrogen-bond donors (Lipinski definition) is 3. The maximum absolute atomic E-state index is 10.9. The van der Waals surface area contributed by atoms with Gasteiger partial charge in [0.15, 0.2) is 0 Å². The maximum Gasteiger partial charge on any atom is 0.488 e. The molecule has 1 aromatic rings. The first-order valence-corrected chi connectivity index (χ1v) is 6.05. The van der Waals surface area contributed by atoms with Crippen molar-refractivity contribution in [1.82, 2.24) is 4.90 Å². The van der Waals surface area contributed by atoms with E-state index in [2.05, 4.69) is 18.5 Å². The van der Waals surface area contributed by atoms with Gasteiger partial charge in [-0.1, -0.05) is 25.3 Å². The van der Waals surface area contributed by atoms with Crippen LogP contribution in [0, 0.1) is 0 Å². The largest absolute Gasteiger partial charge is 0.488 e. The minimum absolute atomic E-state index is 0.0556. The van der Waals surface area contributed by atoms with Crippen molar-refractivity contribution in [2.24, 2.45) is 0 Å². The summed E-state index contributed by atoms with van der Waals surface area (Å²) in [5.41, 5.74) is 0.826. The fraction of sp³-hybridized carbons (Fsp3) is 0.143. The molecule has 6 nitrogen and oxygen atoms in total. The van der Waals surface area contributed by atoms with Crippen LogP contribution >= 0.6 is 0 Å². The summed E-state index contributed by atoms with van der Waals surface area (Å²) in [5.74, 6) is -0.394. The number of rotatable bonds is 4. The molecule has 7 heteroatoms. The molecule has 0 aliphatic carbocycles. The third-order valence-corrected chi connectivity index (χ3v) is 2.25. The molecule has 0 heterocycles. The lowest BCUT2D eigenvalue weighted by atomic mass is 9.80. The van der Waals surface area contributed by atoms with E-state index in [1.54, 1.807) is 32.3 Å². The third kappa shape index (κ3) is 7.71.